The number of carbonyl (C=O) groups excluding carboxylic acids is 2. The number of nitrogens with one attached hydrogen (secondary N) is 1. The van der Waals surface area contributed by atoms with Crippen LogP contribution >= 0.6 is 0 Å². The van der Waals surface area contributed by atoms with Gasteiger partial charge in [-0.05, 0) is 75.2 Å². The minimum absolute atomic E-state index is 0.00651. The van der Waals surface area contributed by atoms with Crippen molar-refractivity contribution in [1.29, 1.82) is 0 Å². The average Bonchev–Trinajstić information content (AvgIpc) is 2.59. The Balaban J connectivity index is 2.09. The molecule has 0 spiro atoms. The molecule has 0 bridgehead atoms. The second-order valence-electron chi connectivity index (χ2n) is 5.81. The van der Waals surface area contributed by atoms with Crippen molar-refractivity contribution in [3.05, 3.63) is 64.7 Å². The molecule has 0 atom stereocenters. The highest BCUT2D eigenvalue weighted by Gasteiger charge is 2.12. The van der Waals surface area contributed by atoms with Gasteiger partial charge in [0.15, 0.2) is 0 Å². The third-order valence-electron chi connectivity index (χ3n) is 4.21. The second-order valence-corrected chi connectivity index (χ2v) is 5.81. The van der Waals surface area contributed by atoms with Crippen molar-refractivity contribution < 1.29 is 9.59 Å². The van der Waals surface area contributed by atoms with Crippen LogP contribution in [0.1, 0.15) is 45.7 Å². The van der Waals surface area contributed by atoms with Gasteiger partial charge in [-0.2, -0.15) is 0 Å². The Hall–Kier alpha value is -2.62. The maximum atomic E-state index is 12.3. The largest absolute Gasteiger partial charge is 0.339 e. The fraction of sp³-hybridized carbons (Fsp3) is 0.300. The minimum atomic E-state index is -0.152. The van der Waals surface area contributed by atoms with Crippen molar-refractivity contribution in [1.82, 2.24) is 4.90 Å². The highest BCUT2D eigenvalue weighted by molar-refractivity contribution is 6.04. The summed E-state index contributed by atoms with van der Waals surface area (Å²) in [6.07, 6.45) is 0. The van der Waals surface area contributed by atoms with E-state index in [1.807, 2.05) is 45.9 Å². The summed E-state index contributed by atoms with van der Waals surface area (Å²) < 4.78 is 0. The van der Waals surface area contributed by atoms with Crippen LogP contribution in [0.5, 0.6) is 0 Å². The molecular formula is C20H24N2O2. The third kappa shape index (κ3) is 4.02. The van der Waals surface area contributed by atoms with Crippen LogP contribution in [-0.4, -0.2) is 29.8 Å². The van der Waals surface area contributed by atoms with E-state index >= 15 is 0 Å². The molecule has 0 aliphatic rings. The van der Waals surface area contributed by atoms with Gasteiger partial charge in [0, 0.05) is 29.9 Å². The molecule has 2 rings (SSSR count). The zero-order chi connectivity index (χ0) is 17.7. The average molecular weight is 324 g/mol. The van der Waals surface area contributed by atoms with Crippen LogP contribution in [0.3, 0.4) is 0 Å². The molecule has 2 aromatic rings. The van der Waals surface area contributed by atoms with E-state index in [0.717, 1.165) is 11.1 Å². The summed E-state index contributed by atoms with van der Waals surface area (Å²) in [5.74, 6) is -0.145. The van der Waals surface area contributed by atoms with E-state index in [9.17, 15) is 9.59 Å². The number of rotatable bonds is 5. The first-order valence-electron chi connectivity index (χ1n) is 8.24. The molecule has 0 heterocycles. The highest BCUT2D eigenvalue weighted by atomic mass is 16.2. The van der Waals surface area contributed by atoms with Crippen molar-refractivity contribution in [3.8, 4) is 0 Å². The van der Waals surface area contributed by atoms with Crippen molar-refractivity contribution in [2.24, 2.45) is 0 Å². The summed E-state index contributed by atoms with van der Waals surface area (Å²) in [6, 6.07) is 12.6. The predicted octanol–water partition coefficient (Wildman–Crippen LogP) is 4.04. The van der Waals surface area contributed by atoms with Crippen molar-refractivity contribution >= 4 is 17.5 Å². The fourth-order valence-electron chi connectivity index (χ4n) is 2.48. The molecular weight excluding hydrogens is 300 g/mol. The number of amides is 2. The van der Waals surface area contributed by atoms with Gasteiger partial charge >= 0.3 is 0 Å². The zero-order valence-electron chi connectivity index (χ0n) is 14.7. The van der Waals surface area contributed by atoms with Crippen LogP contribution in [0.25, 0.3) is 0 Å². The molecule has 1 N–H and O–H groups in total. The fourth-order valence-corrected chi connectivity index (χ4v) is 2.48. The number of anilines is 1. The van der Waals surface area contributed by atoms with Crippen molar-refractivity contribution in [2.45, 2.75) is 27.7 Å². The van der Waals surface area contributed by atoms with Crippen molar-refractivity contribution in [2.75, 3.05) is 18.4 Å². The Morgan fingerprint density at radius 1 is 0.875 bits per heavy atom. The number of hydrogen-bond acceptors (Lipinski definition) is 2. The first-order chi connectivity index (χ1) is 11.5. The molecule has 2 aromatic carbocycles. The number of aryl methyl sites for hydroxylation is 2. The molecule has 0 unspecified atom stereocenters. The summed E-state index contributed by atoms with van der Waals surface area (Å²) in [5, 5.41) is 2.86. The molecule has 4 nitrogen and oxygen atoms in total. The first kappa shape index (κ1) is 17.7. The monoisotopic (exact) mass is 324 g/mol. The lowest BCUT2D eigenvalue weighted by Gasteiger charge is -2.18. The number of carbonyl (C=O) groups is 2. The first-order valence-corrected chi connectivity index (χ1v) is 8.24. The topological polar surface area (TPSA) is 49.4 Å². The maximum Gasteiger partial charge on any atom is 0.255 e. The lowest BCUT2D eigenvalue weighted by molar-refractivity contribution is 0.0773. The molecule has 0 aliphatic heterocycles. The Morgan fingerprint density at radius 3 is 2.00 bits per heavy atom. The molecule has 24 heavy (non-hydrogen) atoms. The van der Waals surface area contributed by atoms with Gasteiger partial charge in [0.2, 0.25) is 0 Å². The van der Waals surface area contributed by atoms with E-state index in [0.29, 0.717) is 29.9 Å². The smallest absolute Gasteiger partial charge is 0.255 e. The highest BCUT2D eigenvalue weighted by Crippen LogP contribution is 2.15. The summed E-state index contributed by atoms with van der Waals surface area (Å²) in [6.45, 7) is 9.28. The molecule has 2 amide bonds. The Labute approximate surface area is 143 Å². The van der Waals surface area contributed by atoms with Crippen LogP contribution < -0.4 is 5.32 Å². The van der Waals surface area contributed by atoms with Crippen LogP contribution in [0.15, 0.2) is 42.5 Å². The van der Waals surface area contributed by atoms with Crippen LogP contribution in [-0.2, 0) is 0 Å². The standard InChI is InChI=1S/C20H24N2O2/c1-5-22(6-2)20(24)16-9-11-18(12-10-16)21-19(23)17-8-7-14(3)15(4)13-17/h7-13H,5-6H2,1-4H3,(H,21,23). The summed E-state index contributed by atoms with van der Waals surface area (Å²) in [5.41, 5.74) is 4.17. The number of nitrogens with zero attached hydrogens (tertiary/aromatic N) is 1. The summed E-state index contributed by atoms with van der Waals surface area (Å²) in [4.78, 5) is 26.3. The maximum absolute atomic E-state index is 12.3. The molecule has 0 aliphatic carbocycles. The molecule has 0 saturated carbocycles. The van der Waals surface area contributed by atoms with E-state index < -0.39 is 0 Å². The van der Waals surface area contributed by atoms with Gasteiger partial charge < -0.3 is 10.2 Å². The van der Waals surface area contributed by atoms with Gasteiger partial charge in [-0.25, -0.2) is 0 Å². The number of hydrogen-bond donors (Lipinski definition) is 1. The van der Waals surface area contributed by atoms with E-state index in [4.69, 9.17) is 0 Å². The molecule has 0 fully saturated rings. The van der Waals surface area contributed by atoms with Crippen molar-refractivity contribution in [3.63, 3.8) is 0 Å². The van der Waals surface area contributed by atoms with Gasteiger partial charge in [0.05, 0.1) is 0 Å². The Morgan fingerprint density at radius 2 is 1.46 bits per heavy atom. The van der Waals surface area contributed by atoms with E-state index in [-0.39, 0.29) is 11.8 Å². The van der Waals surface area contributed by atoms with E-state index in [1.165, 1.54) is 0 Å². The Bertz CT molecular complexity index is 732. The van der Waals surface area contributed by atoms with Crippen LogP contribution in [0.2, 0.25) is 0 Å². The third-order valence-corrected chi connectivity index (χ3v) is 4.21. The summed E-state index contributed by atoms with van der Waals surface area (Å²) >= 11 is 0. The predicted molar refractivity (Wildman–Crippen MR) is 97.6 cm³/mol. The quantitative estimate of drug-likeness (QED) is 0.902. The van der Waals surface area contributed by atoms with Gasteiger partial charge in [0.1, 0.15) is 0 Å². The summed E-state index contributed by atoms with van der Waals surface area (Å²) in [7, 11) is 0. The van der Waals surface area contributed by atoms with E-state index in [2.05, 4.69) is 5.32 Å². The second kappa shape index (κ2) is 7.77. The lowest BCUT2D eigenvalue weighted by Crippen LogP contribution is -2.30. The van der Waals surface area contributed by atoms with E-state index in [1.54, 1.807) is 29.2 Å². The number of benzene rings is 2. The normalized spacial score (nSPS) is 10.3. The van der Waals surface area contributed by atoms with Crippen LogP contribution in [0, 0.1) is 13.8 Å². The lowest BCUT2D eigenvalue weighted by atomic mass is 10.1. The van der Waals surface area contributed by atoms with Gasteiger partial charge in [-0.3, -0.25) is 9.59 Å². The molecule has 4 heteroatoms. The van der Waals surface area contributed by atoms with Crippen LogP contribution in [0.4, 0.5) is 5.69 Å². The zero-order valence-corrected chi connectivity index (χ0v) is 14.7. The van der Waals surface area contributed by atoms with Gasteiger partial charge in [-0.1, -0.05) is 6.07 Å². The molecule has 0 radical (unpaired) electrons. The molecule has 0 saturated heterocycles. The molecule has 0 aromatic heterocycles. The van der Waals surface area contributed by atoms with Gasteiger partial charge in [-0.15, -0.1) is 0 Å². The molecule has 126 valence electrons. The Kier molecular flexibility index (Phi) is 5.74. The minimum Gasteiger partial charge on any atom is -0.339 e. The van der Waals surface area contributed by atoms with Gasteiger partial charge in [0.25, 0.3) is 11.8 Å². The SMILES string of the molecule is CCN(CC)C(=O)c1ccc(NC(=O)c2ccc(C)c(C)c2)cc1.